The summed E-state index contributed by atoms with van der Waals surface area (Å²) in [5.74, 6) is -0.348. The van der Waals surface area contributed by atoms with Gasteiger partial charge in [0.25, 0.3) is 0 Å². The van der Waals surface area contributed by atoms with Gasteiger partial charge in [0.15, 0.2) is 0 Å². The molecule has 1 heterocycles. The van der Waals surface area contributed by atoms with Gasteiger partial charge in [-0.05, 0) is 32.4 Å². The zero-order chi connectivity index (χ0) is 12.1. The van der Waals surface area contributed by atoms with Gasteiger partial charge < -0.3 is 11.1 Å². The molecule has 1 aromatic rings. The fraction of sp³-hybridized carbons (Fsp3) is 0.583. The van der Waals surface area contributed by atoms with Crippen molar-refractivity contribution in [1.29, 1.82) is 0 Å². The lowest BCUT2D eigenvalue weighted by atomic mass is 10.1. The first-order chi connectivity index (χ1) is 7.49. The summed E-state index contributed by atoms with van der Waals surface area (Å²) >= 11 is 1.82. The number of hydrogen-bond acceptors (Lipinski definition) is 3. The molecule has 0 fully saturated rings. The fourth-order valence-corrected chi connectivity index (χ4v) is 2.47. The van der Waals surface area contributed by atoms with Crippen molar-refractivity contribution in [1.82, 2.24) is 5.32 Å². The molecular formula is C12H20N2OS. The third kappa shape index (κ3) is 4.33. The van der Waals surface area contributed by atoms with Gasteiger partial charge in [0.05, 0.1) is 0 Å². The maximum atomic E-state index is 10.9. The van der Waals surface area contributed by atoms with E-state index in [1.165, 1.54) is 9.75 Å². The van der Waals surface area contributed by atoms with Gasteiger partial charge in [-0.1, -0.05) is 6.92 Å². The molecule has 1 amide bonds. The first kappa shape index (κ1) is 13.2. The molecule has 2 unspecified atom stereocenters. The number of thiophene rings is 1. The molecule has 16 heavy (non-hydrogen) atoms. The van der Waals surface area contributed by atoms with E-state index in [1.54, 1.807) is 0 Å². The van der Waals surface area contributed by atoms with E-state index in [0.717, 1.165) is 6.42 Å². The van der Waals surface area contributed by atoms with Gasteiger partial charge in [-0.2, -0.15) is 0 Å². The van der Waals surface area contributed by atoms with Crippen LogP contribution in [0.1, 0.15) is 23.6 Å². The van der Waals surface area contributed by atoms with Crippen LogP contribution in [0.4, 0.5) is 0 Å². The monoisotopic (exact) mass is 240 g/mol. The maximum Gasteiger partial charge on any atom is 0.221 e. The molecule has 3 N–H and O–H groups in total. The van der Waals surface area contributed by atoms with Gasteiger partial charge in [0.1, 0.15) is 0 Å². The van der Waals surface area contributed by atoms with E-state index in [4.69, 9.17) is 5.73 Å². The Morgan fingerprint density at radius 2 is 2.19 bits per heavy atom. The highest BCUT2D eigenvalue weighted by molar-refractivity contribution is 7.11. The van der Waals surface area contributed by atoms with Crippen LogP contribution in [0.5, 0.6) is 0 Å². The lowest BCUT2D eigenvalue weighted by Crippen LogP contribution is -2.36. The normalized spacial score (nSPS) is 14.7. The molecule has 2 atom stereocenters. The first-order valence-electron chi connectivity index (χ1n) is 5.57. The summed E-state index contributed by atoms with van der Waals surface area (Å²) < 4.78 is 0. The Morgan fingerprint density at radius 3 is 2.69 bits per heavy atom. The molecule has 0 spiro atoms. The Balaban J connectivity index is 2.31. The topological polar surface area (TPSA) is 55.1 Å². The van der Waals surface area contributed by atoms with Crippen LogP contribution in [0.3, 0.4) is 0 Å². The largest absolute Gasteiger partial charge is 0.369 e. The zero-order valence-corrected chi connectivity index (χ0v) is 10.9. The lowest BCUT2D eigenvalue weighted by molar-refractivity contribution is -0.121. The number of nitrogens with two attached hydrogens (primary N) is 1. The van der Waals surface area contributed by atoms with Crippen molar-refractivity contribution in [2.45, 2.75) is 33.2 Å². The maximum absolute atomic E-state index is 10.9. The van der Waals surface area contributed by atoms with E-state index in [0.29, 0.717) is 12.6 Å². The predicted octanol–water partition coefficient (Wildman–Crippen LogP) is 1.70. The van der Waals surface area contributed by atoms with E-state index in [2.05, 4.69) is 31.3 Å². The molecular weight excluding hydrogens is 220 g/mol. The average Bonchev–Trinajstić information content (AvgIpc) is 2.60. The van der Waals surface area contributed by atoms with E-state index < -0.39 is 0 Å². The number of rotatable bonds is 6. The van der Waals surface area contributed by atoms with Crippen LogP contribution in [-0.2, 0) is 11.2 Å². The lowest BCUT2D eigenvalue weighted by Gasteiger charge is -2.15. The second kappa shape index (κ2) is 6.01. The second-order valence-electron chi connectivity index (χ2n) is 4.33. The number of nitrogens with one attached hydrogen (secondary N) is 1. The molecule has 0 aromatic carbocycles. The summed E-state index contributed by atoms with van der Waals surface area (Å²) in [6.07, 6.45) is 1.00. The Kier molecular flexibility index (Phi) is 4.96. The van der Waals surface area contributed by atoms with Crippen LogP contribution in [-0.4, -0.2) is 18.5 Å². The number of hydrogen-bond donors (Lipinski definition) is 2. The third-order valence-corrected chi connectivity index (χ3v) is 3.58. The highest BCUT2D eigenvalue weighted by Crippen LogP contribution is 2.16. The van der Waals surface area contributed by atoms with Crippen LogP contribution >= 0.6 is 11.3 Å². The van der Waals surface area contributed by atoms with Crippen molar-refractivity contribution < 1.29 is 4.79 Å². The van der Waals surface area contributed by atoms with Crippen molar-refractivity contribution in [2.75, 3.05) is 6.54 Å². The average molecular weight is 240 g/mol. The van der Waals surface area contributed by atoms with E-state index in [1.807, 2.05) is 18.3 Å². The molecule has 1 rings (SSSR count). The minimum atomic E-state index is -0.244. The van der Waals surface area contributed by atoms with Crippen LogP contribution in [0.2, 0.25) is 0 Å². The van der Waals surface area contributed by atoms with Crippen molar-refractivity contribution in [2.24, 2.45) is 11.7 Å². The van der Waals surface area contributed by atoms with Crippen LogP contribution in [0, 0.1) is 12.8 Å². The molecule has 4 heteroatoms. The van der Waals surface area contributed by atoms with Crippen molar-refractivity contribution in [3.05, 3.63) is 21.9 Å². The van der Waals surface area contributed by atoms with E-state index in [-0.39, 0.29) is 11.8 Å². The molecule has 0 saturated carbocycles. The third-order valence-electron chi connectivity index (χ3n) is 2.56. The van der Waals surface area contributed by atoms with Gasteiger partial charge in [-0.3, -0.25) is 4.79 Å². The van der Waals surface area contributed by atoms with Gasteiger partial charge in [0.2, 0.25) is 5.91 Å². The predicted molar refractivity (Wildman–Crippen MR) is 68.6 cm³/mol. The zero-order valence-electron chi connectivity index (χ0n) is 10.1. The van der Waals surface area contributed by atoms with Crippen LogP contribution in [0.25, 0.3) is 0 Å². The van der Waals surface area contributed by atoms with Gasteiger partial charge in [0, 0.05) is 28.3 Å². The Hall–Kier alpha value is -0.870. The quantitative estimate of drug-likeness (QED) is 0.795. The van der Waals surface area contributed by atoms with E-state index in [9.17, 15) is 4.79 Å². The van der Waals surface area contributed by atoms with Crippen molar-refractivity contribution in [3.8, 4) is 0 Å². The number of amides is 1. The smallest absolute Gasteiger partial charge is 0.221 e. The number of primary amides is 1. The molecule has 3 nitrogen and oxygen atoms in total. The molecule has 0 radical (unpaired) electrons. The van der Waals surface area contributed by atoms with Crippen LogP contribution in [0.15, 0.2) is 12.1 Å². The second-order valence-corrected chi connectivity index (χ2v) is 5.70. The summed E-state index contributed by atoms with van der Waals surface area (Å²) in [5, 5.41) is 3.33. The summed E-state index contributed by atoms with van der Waals surface area (Å²) in [6.45, 7) is 6.74. The van der Waals surface area contributed by atoms with Crippen molar-refractivity contribution >= 4 is 17.2 Å². The molecule has 0 aliphatic rings. The van der Waals surface area contributed by atoms with Gasteiger partial charge >= 0.3 is 0 Å². The Morgan fingerprint density at radius 1 is 1.50 bits per heavy atom. The minimum Gasteiger partial charge on any atom is -0.369 e. The van der Waals surface area contributed by atoms with Gasteiger partial charge in [-0.15, -0.1) is 11.3 Å². The molecule has 90 valence electrons. The number of carbonyl (C=O) groups excluding carboxylic acids is 1. The summed E-state index contributed by atoms with van der Waals surface area (Å²) in [6, 6.07) is 4.67. The standard InChI is InChI=1S/C12H20N2OS/c1-8(12(13)15)7-14-9(2)6-11-5-4-10(3)16-11/h4-5,8-9,14H,6-7H2,1-3H3,(H2,13,15). The molecule has 0 bridgehead atoms. The summed E-state index contributed by atoms with van der Waals surface area (Å²) in [4.78, 5) is 13.6. The highest BCUT2D eigenvalue weighted by atomic mass is 32.1. The number of carbonyl (C=O) groups is 1. The molecule has 1 aromatic heterocycles. The molecule has 0 aliphatic carbocycles. The Bertz CT molecular complexity index is 349. The SMILES string of the molecule is Cc1ccc(CC(C)NCC(C)C(N)=O)s1. The van der Waals surface area contributed by atoms with E-state index >= 15 is 0 Å². The Labute approximate surface area is 101 Å². The molecule has 0 saturated heterocycles. The summed E-state index contributed by atoms with van der Waals surface area (Å²) in [5.41, 5.74) is 5.20. The number of aryl methyl sites for hydroxylation is 1. The first-order valence-corrected chi connectivity index (χ1v) is 6.38. The van der Waals surface area contributed by atoms with Gasteiger partial charge in [-0.25, -0.2) is 0 Å². The highest BCUT2D eigenvalue weighted by Gasteiger charge is 2.10. The van der Waals surface area contributed by atoms with Crippen LogP contribution < -0.4 is 11.1 Å². The molecule has 0 aliphatic heterocycles. The fourth-order valence-electron chi connectivity index (χ4n) is 1.45. The van der Waals surface area contributed by atoms with Crippen molar-refractivity contribution in [3.63, 3.8) is 0 Å². The minimum absolute atomic E-state index is 0.104. The summed E-state index contributed by atoms with van der Waals surface area (Å²) in [7, 11) is 0.